The molecule has 0 bridgehead atoms. The summed E-state index contributed by atoms with van der Waals surface area (Å²) >= 11 is 1.68. The summed E-state index contributed by atoms with van der Waals surface area (Å²) in [7, 11) is 0. The number of nitrogen functional groups attached to an aromatic ring is 1. The van der Waals surface area contributed by atoms with Crippen LogP contribution >= 0.6 is 11.3 Å². The van der Waals surface area contributed by atoms with E-state index in [-0.39, 0.29) is 12.6 Å². The molecule has 0 amide bonds. The van der Waals surface area contributed by atoms with Crippen molar-refractivity contribution in [1.82, 2.24) is 9.97 Å². The molecule has 2 aromatic rings. The average molecular weight is 307 g/mol. The summed E-state index contributed by atoms with van der Waals surface area (Å²) < 4.78 is 0. The van der Waals surface area contributed by atoms with Crippen molar-refractivity contribution in [3.63, 3.8) is 0 Å². The summed E-state index contributed by atoms with van der Waals surface area (Å²) in [5.41, 5.74) is 2.55. The maximum absolute atomic E-state index is 9.65. The van der Waals surface area contributed by atoms with Crippen LogP contribution < -0.4 is 16.2 Å². The van der Waals surface area contributed by atoms with Gasteiger partial charge in [0.15, 0.2) is 0 Å². The quantitative estimate of drug-likeness (QED) is 0.590. The fourth-order valence-corrected chi connectivity index (χ4v) is 3.84. The number of hydrogen-bond acceptors (Lipinski definition) is 7. The average Bonchev–Trinajstić information content (AvgIpc) is 2.96. The Morgan fingerprint density at radius 2 is 2.33 bits per heavy atom. The molecule has 21 heavy (non-hydrogen) atoms. The molecule has 0 saturated carbocycles. The number of hydrazine groups is 1. The van der Waals surface area contributed by atoms with Gasteiger partial charge in [0.2, 0.25) is 5.95 Å². The van der Waals surface area contributed by atoms with Crippen LogP contribution in [0.15, 0.2) is 6.07 Å². The number of nitrogens with two attached hydrogens (primary N) is 1. The number of aryl methyl sites for hydroxylation is 1. The molecule has 1 aliphatic rings. The van der Waals surface area contributed by atoms with Crippen molar-refractivity contribution in [2.75, 3.05) is 23.5 Å². The first-order chi connectivity index (χ1) is 10.3. The van der Waals surface area contributed by atoms with Gasteiger partial charge in [-0.2, -0.15) is 4.98 Å². The number of piperidine rings is 1. The molecule has 1 aliphatic heterocycles. The van der Waals surface area contributed by atoms with Crippen LogP contribution in [0.3, 0.4) is 0 Å². The lowest BCUT2D eigenvalue weighted by Gasteiger charge is -2.35. The van der Waals surface area contributed by atoms with Crippen LogP contribution in [-0.4, -0.2) is 34.3 Å². The molecule has 0 aliphatic carbocycles. The van der Waals surface area contributed by atoms with Gasteiger partial charge in [0.05, 0.1) is 18.0 Å². The van der Waals surface area contributed by atoms with Gasteiger partial charge in [0.1, 0.15) is 10.6 Å². The summed E-state index contributed by atoms with van der Waals surface area (Å²) in [6.45, 7) is 3.21. The van der Waals surface area contributed by atoms with E-state index in [4.69, 9.17) is 5.84 Å². The maximum atomic E-state index is 9.65. The lowest BCUT2D eigenvalue weighted by atomic mass is 10.0. The zero-order valence-electron chi connectivity index (χ0n) is 12.2. The molecular formula is C14H21N5OS. The summed E-state index contributed by atoms with van der Waals surface area (Å²) in [6.07, 6.45) is 4.26. The smallest absolute Gasteiger partial charge is 0.240 e. The summed E-state index contributed by atoms with van der Waals surface area (Å²) in [4.78, 5) is 13.5. The highest BCUT2D eigenvalue weighted by atomic mass is 32.1. The fourth-order valence-electron chi connectivity index (χ4n) is 2.88. The van der Waals surface area contributed by atoms with E-state index in [1.54, 1.807) is 11.3 Å². The minimum absolute atomic E-state index is 0.132. The van der Waals surface area contributed by atoms with Crippen molar-refractivity contribution in [3.8, 4) is 0 Å². The SMILES string of the molecule is CCc1cc2c(N3CCCCC3CO)nc(NN)nc2s1. The Morgan fingerprint density at radius 3 is 3.05 bits per heavy atom. The zero-order valence-corrected chi connectivity index (χ0v) is 13.0. The monoisotopic (exact) mass is 307 g/mol. The van der Waals surface area contributed by atoms with Gasteiger partial charge < -0.3 is 10.0 Å². The predicted molar refractivity (Wildman–Crippen MR) is 86.7 cm³/mol. The van der Waals surface area contributed by atoms with E-state index in [2.05, 4.69) is 33.3 Å². The van der Waals surface area contributed by atoms with Crippen LogP contribution in [0.4, 0.5) is 11.8 Å². The highest BCUT2D eigenvalue weighted by Crippen LogP contribution is 2.34. The number of rotatable bonds is 4. The third-order valence-corrected chi connectivity index (χ3v) is 5.18. The van der Waals surface area contributed by atoms with Gasteiger partial charge in [-0.15, -0.1) is 11.3 Å². The maximum Gasteiger partial charge on any atom is 0.240 e. The van der Waals surface area contributed by atoms with E-state index in [1.807, 2.05) is 0 Å². The Kier molecular flexibility index (Phi) is 4.23. The van der Waals surface area contributed by atoms with Gasteiger partial charge in [0, 0.05) is 11.4 Å². The number of nitrogens with zero attached hydrogens (tertiary/aromatic N) is 3. The minimum atomic E-state index is 0.132. The van der Waals surface area contributed by atoms with E-state index < -0.39 is 0 Å². The van der Waals surface area contributed by atoms with Crippen LogP contribution in [0.25, 0.3) is 10.2 Å². The molecule has 7 heteroatoms. The molecule has 0 spiro atoms. The Bertz CT molecular complexity index is 629. The molecule has 0 radical (unpaired) electrons. The molecule has 6 nitrogen and oxygen atoms in total. The molecule has 1 saturated heterocycles. The predicted octanol–water partition coefficient (Wildman–Crippen LogP) is 1.89. The molecule has 3 heterocycles. The van der Waals surface area contributed by atoms with Gasteiger partial charge in [-0.1, -0.05) is 6.92 Å². The first kappa shape index (κ1) is 14.5. The number of hydrogen-bond donors (Lipinski definition) is 3. The lowest BCUT2D eigenvalue weighted by Crippen LogP contribution is -2.42. The topological polar surface area (TPSA) is 87.3 Å². The van der Waals surface area contributed by atoms with E-state index in [0.717, 1.165) is 48.3 Å². The third kappa shape index (κ3) is 2.68. The third-order valence-electron chi connectivity index (χ3n) is 4.01. The zero-order chi connectivity index (χ0) is 14.8. The van der Waals surface area contributed by atoms with Crippen LogP contribution in [0.1, 0.15) is 31.1 Å². The second-order valence-electron chi connectivity index (χ2n) is 5.33. The van der Waals surface area contributed by atoms with Crippen molar-refractivity contribution in [2.24, 2.45) is 5.84 Å². The van der Waals surface area contributed by atoms with Gasteiger partial charge in [-0.05, 0) is 31.7 Å². The second-order valence-corrected chi connectivity index (χ2v) is 6.44. The van der Waals surface area contributed by atoms with Crippen molar-refractivity contribution in [3.05, 3.63) is 10.9 Å². The number of nitrogens with one attached hydrogen (secondary N) is 1. The Balaban J connectivity index is 2.12. The van der Waals surface area contributed by atoms with Crippen molar-refractivity contribution < 1.29 is 5.11 Å². The van der Waals surface area contributed by atoms with E-state index in [1.165, 1.54) is 4.88 Å². The molecule has 0 aromatic carbocycles. The normalized spacial score (nSPS) is 19.2. The number of aliphatic hydroxyl groups excluding tert-OH is 1. The number of aliphatic hydroxyl groups is 1. The molecule has 114 valence electrons. The van der Waals surface area contributed by atoms with Crippen LogP contribution in [-0.2, 0) is 6.42 Å². The first-order valence-corrected chi connectivity index (χ1v) is 8.23. The lowest BCUT2D eigenvalue weighted by molar-refractivity contribution is 0.239. The van der Waals surface area contributed by atoms with Gasteiger partial charge >= 0.3 is 0 Å². The van der Waals surface area contributed by atoms with Crippen LogP contribution in [0.2, 0.25) is 0 Å². The van der Waals surface area contributed by atoms with Gasteiger partial charge in [0.25, 0.3) is 0 Å². The second kappa shape index (κ2) is 6.13. The minimum Gasteiger partial charge on any atom is -0.394 e. The van der Waals surface area contributed by atoms with Crippen molar-refractivity contribution >= 4 is 33.3 Å². The Labute approximate surface area is 128 Å². The first-order valence-electron chi connectivity index (χ1n) is 7.41. The summed E-state index contributed by atoms with van der Waals surface area (Å²) in [5, 5.41) is 10.7. The molecule has 1 fully saturated rings. The number of aromatic nitrogens is 2. The molecule has 1 atom stereocenters. The highest BCUT2D eigenvalue weighted by molar-refractivity contribution is 7.18. The number of anilines is 2. The summed E-state index contributed by atoms with van der Waals surface area (Å²) in [6, 6.07) is 2.30. The van der Waals surface area contributed by atoms with Crippen LogP contribution in [0.5, 0.6) is 0 Å². The Morgan fingerprint density at radius 1 is 1.48 bits per heavy atom. The fraction of sp³-hybridized carbons (Fsp3) is 0.571. The molecular weight excluding hydrogens is 286 g/mol. The van der Waals surface area contributed by atoms with E-state index in [9.17, 15) is 5.11 Å². The molecule has 4 N–H and O–H groups in total. The van der Waals surface area contributed by atoms with E-state index in [0.29, 0.717) is 5.95 Å². The van der Waals surface area contributed by atoms with Gasteiger partial charge in [-0.25, -0.2) is 10.8 Å². The number of fused-ring (bicyclic) bond motifs is 1. The number of thiophene rings is 1. The Hall–Kier alpha value is -1.44. The highest BCUT2D eigenvalue weighted by Gasteiger charge is 2.26. The van der Waals surface area contributed by atoms with Crippen molar-refractivity contribution in [1.29, 1.82) is 0 Å². The van der Waals surface area contributed by atoms with Crippen LogP contribution in [0, 0.1) is 0 Å². The van der Waals surface area contributed by atoms with E-state index >= 15 is 0 Å². The van der Waals surface area contributed by atoms with Crippen molar-refractivity contribution in [2.45, 2.75) is 38.6 Å². The standard InChI is InChI=1S/C14H21N5OS/c1-2-10-7-11-12(16-14(18-15)17-13(11)21-10)19-6-4-3-5-9(19)8-20/h7,9,20H,2-6,8,15H2,1H3,(H,16,17,18). The molecule has 3 rings (SSSR count). The molecule has 1 unspecified atom stereocenters. The molecule has 2 aromatic heterocycles. The van der Waals surface area contributed by atoms with Gasteiger partial charge in [-0.3, -0.25) is 5.43 Å². The summed E-state index contributed by atoms with van der Waals surface area (Å²) in [5.74, 6) is 6.83. The largest absolute Gasteiger partial charge is 0.394 e.